The molecule has 2 rings (SSSR count). The van der Waals surface area contributed by atoms with Gasteiger partial charge in [-0.2, -0.15) is 0 Å². The van der Waals surface area contributed by atoms with Crippen molar-refractivity contribution in [3.63, 3.8) is 0 Å². The van der Waals surface area contributed by atoms with Crippen LogP contribution < -0.4 is 20.3 Å². The number of hydrogen-bond acceptors (Lipinski definition) is 5. The highest BCUT2D eigenvalue weighted by Gasteiger charge is 2.34. The van der Waals surface area contributed by atoms with Crippen molar-refractivity contribution in [2.45, 2.75) is 0 Å². The molecule has 1 aliphatic rings. The Labute approximate surface area is 169 Å². The third kappa shape index (κ3) is 6.53. The predicted molar refractivity (Wildman–Crippen MR) is 112 cm³/mol. The highest BCUT2D eigenvalue weighted by molar-refractivity contribution is 8.18. The zero-order valence-corrected chi connectivity index (χ0v) is 17.3. The number of ether oxygens (including phenoxy) is 1. The van der Waals surface area contributed by atoms with Crippen molar-refractivity contribution in [2.24, 2.45) is 0 Å². The van der Waals surface area contributed by atoms with Crippen LogP contribution in [0.5, 0.6) is 5.75 Å². The number of nitrogens with one attached hydrogen (secondary N) is 3. The molecule has 146 valence electrons. The fourth-order valence-electron chi connectivity index (χ4n) is 2.31. The Hall–Kier alpha value is -2.10. The summed E-state index contributed by atoms with van der Waals surface area (Å²) >= 11 is 6.14. The van der Waals surface area contributed by atoms with Crippen molar-refractivity contribution in [1.29, 1.82) is 0 Å². The Balaban J connectivity index is 1.84. The van der Waals surface area contributed by atoms with Crippen LogP contribution in [0.1, 0.15) is 5.56 Å². The van der Waals surface area contributed by atoms with Gasteiger partial charge in [0.05, 0.1) is 39.2 Å². The Morgan fingerprint density at radius 2 is 1.89 bits per heavy atom. The van der Waals surface area contributed by atoms with Gasteiger partial charge in [-0.05, 0) is 47.8 Å². The summed E-state index contributed by atoms with van der Waals surface area (Å²) in [6.07, 6.45) is 1.72. The summed E-state index contributed by atoms with van der Waals surface area (Å²) in [7, 11) is 5.73. The SMILES string of the molecule is COc1ccc(/C=C2\SC(=O)N(CCNC(=S)NCC[NH+](C)C)C2=O)cc1. The Morgan fingerprint density at radius 1 is 1.22 bits per heavy atom. The van der Waals surface area contributed by atoms with Gasteiger partial charge in [0.1, 0.15) is 5.75 Å². The van der Waals surface area contributed by atoms with Crippen LogP contribution >= 0.6 is 24.0 Å². The molecule has 1 aliphatic heterocycles. The summed E-state index contributed by atoms with van der Waals surface area (Å²) in [6, 6.07) is 7.30. The molecule has 1 heterocycles. The van der Waals surface area contributed by atoms with Gasteiger partial charge in [0.25, 0.3) is 11.1 Å². The molecule has 1 aromatic rings. The van der Waals surface area contributed by atoms with Crippen molar-refractivity contribution in [2.75, 3.05) is 47.4 Å². The number of carbonyl (C=O) groups excluding carboxylic acids is 2. The van der Waals surface area contributed by atoms with Crippen LogP contribution in [-0.2, 0) is 4.79 Å². The van der Waals surface area contributed by atoms with Crippen LogP contribution in [0.3, 0.4) is 0 Å². The minimum Gasteiger partial charge on any atom is -0.497 e. The van der Waals surface area contributed by atoms with Crippen molar-refractivity contribution in [3.05, 3.63) is 34.7 Å². The molecule has 0 unspecified atom stereocenters. The van der Waals surface area contributed by atoms with E-state index in [-0.39, 0.29) is 17.7 Å². The highest BCUT2D eigenvalue weighted by atomic mass is 32.2. The maximum atomic E-state index is 12.5. The fraction of sp³-hybridized carbons (Fsp3) is 0.389. The second-order valence-corrected chi connectivity index (χ2v) is 7.65. The molecule has 1 aromatic carbocycles. The van der Waals surface area contributed by atoms with Gasteiger partial charge in [0.2, 0.25) is 0 Å². The summed E-state index contributed by atoms with van der Waals surface area (Å²) in [5.41, 5.74) is 0.841. The van der Waals surface area contributed by atoms with Crippen LogP contribution in [0.25, 0.3) is 6.08 Å². The van der Waals surface area contributed by atoms with Crippen molar-refractivity contribution >= 4 is 46.3 Å². The summed E-state index contributed by atoms with van der Waals surface area (Å²) < 4.78 is 5.12. The van der Waals surface area contributed by atoms with Gasteiger partial charge in [-0.25, -0.2) is 0 Å². The third-order valence-corrected chi connectivity index (χ3v) is 5.01. The van der Waals surface area contributed by atoms with E-state index in [9.17, 15) is 9.59 Å². The van der Waals surface area contributed by atoms with Crippen molar-refractivity contribution in [3.8, 4) is 5.75 Å². The first-order valence-corrected chi connectivity index (χ1v) is 9.83. The van der Waals surface area contributed by atoms with Gasteiger partial charge >= 0.3 is 0 Å². The van der Waals surface area contributed by atoms with Gasteiger partial charge in [-0.15, -0.1) is 0 Å². The second-order valence-electron chi connectivity index (χ2n) is 6.25. The molecule has 1 saturated heterocycles. The van der Waals surface area contributed by atoms with Gasteiger partial charge in [-0.3, -0.25) is 14.5 Å². The van der Waals surface area contributed by atoms with Crippen molar-refractivity contribution < 1.29 is 19.2 Å². The zero-order chi connectivity index (χ0) is 19.8. The molecule has 0 atom stereocenters. The van der Waals surface area contributed by atoms with Crippen LogP contribution in [0, 0.1) is 0 Å². The lowest BCUT2D eigenvalue weighted by atomic mass is 10.2. The minimum absolute atomic E-state index is 0.267. The number of rotatable bonds is 8. The van der Waals surface area contributed by atoms with E-state index in [1.54, 1.807) is 13.2 Å². The maximum Gasteiger partial charge on any atom is 0.293 e. The molecule has 27 heavy (non-hydrogen) atoms. The lowest BCUT2D eigenvalue weighted by molar-refractivity contribution is -0.856. The molecule has 0 aliphatic carbocycles. The normalized spacial score (nSPS) is 15.6. The number of hydrogen-bond donors (Lipinski definition) is 3. The number of carbonyl (C=O) groups is 2. The lowest BCUT2D eigenvalue weighted by Gasteiger charge is -2.15. The van der Waals surface area contributed by atoms with Gasteiger partial charge in [0, 0.05) is 13.1 Å². The summed E-state index contributed by atoms with van der Waals surface area (Å²) in [5.74, 6) is 0.459. The molecule has 0 spiro atoms. The van der Waals surface area contributed by atoms with E-state index in [0.29, 0.717) is 16.6 Å². The Bertz CT molecular complexity index is 720. The first kappa shape index (κ1) is 21.2. The standard InChI is InChI=1S/C18H24N4O3S2/c1-21(2)10-8-19-17(26)20-9-11-22-16(23)15(27-18(22)24)12-13-4-6-14(25-3)7-5-13/h4-7,12H,8-11H2,1-3H3,(H2,19,20,26)/p+1/b15-12-. The van der Waals surface area contributed by atoms with Crippen LogP contribution in [0.4, 0.5) is 4.79 Å². The smallest absolute Gasteiger partial charge is 0.293 e. The van der Waals surface area contributed by atoms with E-state index in [2.05, 4.69) is 24.7 Å². The van der Waals surface area contributed by atoms with E-state index in [1.807, 2.05) is 24.3 Å². The average Bonchev–Trinajstić information content (AvgIpc) is 2.89. The quantitative estimate of drug-likeness (QED) is 0.422. The first-order valence-electron chi connectivity index (χ1n) is 8.61. The monoisotopic (exact) mass is 409 g/mol. The van der Waals surface area contributed by atoms with E-state index in [0.717, 1.165) is 36.2 Å². The Kier molecular flexibility index (Phi) is 8.08. The molecule has 0 radical (unpaired) electrons. The topological polar surface area (TPSA) is 75.1 Å². The lowest BCUT2D eigenvalue weighted by Crippen LogP contribution is -3.06. The van der Waals surface area contributed by atoms with Crippen LogP contribution in [0.2, 0.25) is 0 Å². The van der Waals surface area contributed by atoms with Gasteiger partial charge in [0.15, 0.2) is 5.11 Å². The molecular weight excluding hydrogens is 384 g/mol. The zero-order valence-electron chi connectivity index (χ0n) is 15.7. The molecule has 0 saturated carbocycles. The molecule has 7 nitrogen and oxygen atoms in total. The van der Waals surface area contributed by atoms with Crippen LogP contribution in [0.15, 0.2) is 29.2 Å². The molecule has 3 N–H and O–H groups in total. The number of quaternary nitrogens is 1. The van der Waals surface area contributed by atoms with Gasteiger partial charge in [-0.1, -0.05) is 12.1 Å². The summed E-state index contributed by atoms with van der Waals surface area (Å²) in [6.45, 7) is 2.39. The largest absolute Gasteiger partial charge is 0.497 e. The molecule has 2 amide bonds. The highest BCUT2D eigenvalue weighted by Crippen LogP contribution is 2.32. The number of methoxy groups -OCH3 is 1. The van der Waals surface area contributed by atoms with Gasteiger partial charge < -0.3 is 20.3 Å². The first-order chi connectivity index (χ1) is 12.9. The minimum atomic E-state index is -0.280. The van der Waals surface area contributed by atoms with Crippen LogP contribution in [-0.4, -0.2) is 68.5 Å². The molecule has 1 fully saturated rings. The third-order valence-electron chi connectivity index (χ3n) is 3.82. The Morgan fingerprint density at radius 3 is 2.52 bits per heavy atom. The number of amides is 2. The molecule has 0 bridgehead atoms. The average molecular weight is 410 g/mol. The molecular formula is C18H25N4O3S2+. The molecule has 0 aromatic heterocycles. The fourth-order valence-corrected chi connectivity index (χ4v) is 3.38. The van der Waals surface area contributed by atoms with E-state index in [1.165, 1.54) is 9.80 Å². The van der Waals surface area contributed by atoms with Crippen molar-refractivity contribution in [1.82, 2.24) is 15.5 Å². The number of thioether (sulfide) groups is 1. The number of nitrogens with zero attached hydrogens (tertiary/aromatic N) is 1. The summed E-state index contributed by atoms with van der Waals surface area (Å²) in [5, 5.41) is 6.38. The molecule has 9 heteroatoms. The number of thiocarbonyl (C=S) groups is 1. The number of likely N-dealkylation sites (N-methyl/N-ethyl adjacent to an activating group) is 1. The number of imide groups is 1. The maximum absolute atomic E-state index is 12.5. The predicted octanol–water partition coefficient (Wildman–Crippen LogP) is 0.340. The van der Waals surface area contributed by atoms with E-state index >= 15 is 0 Å². The number of benzene rings is 1. The summed E-state index contributed by atoms with van der Waals surface area (Å²) in [4.78, 5) is 27.6. The van der Waals surface area contributed by atoms with E-state index < -0.39 is 0 Å². The second kappa shape index (κ2) is 10.3. The van der Waals surface area contributed by atoms with E-state index in [4.69, 9.17) is 17.0 Å².